The van der Waals surface area contributed by atoms with E-state index in [1.165, 1.54) is 0 Å². The van der Waals surface area contributed by atoms with Gasteiger partial charge in [-0.1, -0.05) is 24.2 Å². The summed E-state index contributed by atoms with van der Waals surface area (Å²) in [7, 11) is 1.70. The van der Waals surface area contributed by atoms with Crippen molar-refractivity contribution in [2.24, 2.45) is 11.8 Å². The normalized spacial score (nSPS) is 31.7. The highest BCUT2D eigenvalue weighted by atomic mass is 16.5. The fourth-order valence-electron chi connectivity index (χ4n) is 4.38. The zero-order chi connectivity index (χ0) is 19.6. The van der Waals surface area contributed by atoms with Gasteiger partial charge in [0.2, 0.25) is 17.7 Å². The second kappa shape index (κ2) is 5.89. The molecule has 1 aromatic heterocycles. The highest BCUT2D eigenvalue weighted by Gasteiger charge is 2.68. The highest BCUT2D eigenvalue weighted by molar-refractivity contribution is 5.93. The number of carbonyl (C=O) groups is 2. The average Bonchev–Trinajstić information content (AvgIpc) is 3.34. The Hall–Kier alpha value is -2.22. The number of hydrogen-bond donors (Lipinski definition) is 0. The van der Waals surface area contributed by atoms with Gasteiger partial charge in [0, 0.05) is 19.0 Å². The molecule has 1 spiro atoms. The maximum absolute atomic E-state index is 13.2. The quantitative estimate of drug-likeness (QED) is 0.735. The fraction of sp³-hybridized carbons (Fsp3) is 0.684. The molecule has 8 nitrogen and oxygen atoms in total. The largest absolute Gasteiger partial charge is 0.360 e. The second-order valence-corrected chi connectivity index (χ2v) is 8.65. The SMILES string of the molecule is CCc1noc(CN(C)C(=O)[C@H]2[C@@H]3C=C[C@@]4(CN(C(C)(C)C)C(=O)[C@H]24)O3)n1. The Labute approximate surface area is 158 Å². The molecule has 3 aliphatic heterocycles. The van der Waals surface area contributed by atoms with Crippen LogP contribution in [-0.2, 0) is 27.3 Å². The zero-order valence-electron chi connectivity index (χ0n) is 16.4. The van der Waals surface area contributed by atoms with Gasteiger partial charge in [-0.25, -0.2) is 0 Å². The van der Waals surface area contributed by atoms with Crippen LogP contribution in [-0.4, -0.2) is 62.6 Å². The highest BCUT2D eigenvalue weighted by Crippen LogP contribution is 2.53. The van der Waals surface area contributed by atoms with Gasteiger partial charge in [-0.05, 0) is 20.8 Å². The molecule has 0 unspecified atom stereocenters. The number of aryl methyl sites for hydroxylation is 1. The maximum atomic E-state index is 13.2. The van der Waals surface area contributed by atoms with E-state index in [0.717, 1.165) is 0 Å². The van der Waals surface area contributed by atoms with Gasteiger partial charge >= 0.3 is 0 Å². The first-order valence-electron chi connectivity index (χ1n) is 9.41. The Kier molecular flexibility index (Phi) is 3.96. The summed E-state index contributed by atoms with van der Waals surface area (Å²) in [5.74, 6) is -0.124. The van der Waals surface area contributed by atoms with Crippen LogP contribution in [0.5, 0.6) is 0 Å². The number of rotatable bonds is 4. The van der Waals surface area contributed by atoms with Gasteiger partial charge in [-0.2, -0.15) is 4.98 Å². The summed E-state index contributed by atoms with van der Waals surface area (Å²) in [6.45, 7) is 8.65. The molecule has 27 heavy (non-hydrogen) atoms. The van der Waals surface area contributed by atoms with E-state index >= 15 is 0 Å². The molecule has 0 saturated carbocycles. The molecule has 0 aliphatic carbocycles. The van der Waals surface area contributed by atoms with E-state index in [1.54, 1.807) is 11.9 Å². The predicted octanol–water partition coefficient (Wildman–Crippen LogP) is 1.17. The van der Waals surface area contributed by atoms with E-state index < -0.39 is 17.4 Å². The molecule has 4 rings (SSSR count). The maximum Gasteiger partial charge on any atom is 0.246 e. The van der Waals surface area contributed by atoms with Crippen LogP contribution in [0.2, 0.25) is 0 Å². The first-order chi connectivity index (χ1) is 12.7. The van der Waals surface area contributed by atoms with Crippen LogP contribution in [0.25, 0.3) is 0 Å². The molecule has 146 valence electrons. The lowest BCUT2D eigenvalue weighted by Gasteiger charge is -2.34. The van der Waals surface area contributed by atoms with Crippen LogP contribution < -0.4 is 0 Å². The molecule has 2 saturated heterocycles. The second-order valence-electron chi connectivity index (χ2n) is 8.65. The minimum absolute atomic E-state index is 0.00726. The first kappa shape index (κ1) is 18.2. The zero-order valence-corrected chi connectivity index (χ0v) is 16.4. The summed E-state index contributed by atoms with van der Waals surface area (Å²) in [5, 5.41) is 3.86. The van der Waals surface area contributed by atoms with E-state index in [9.17, 15) is 9.59 Å². The van der Waals surface area contributed by atoms with Crippen LogP contribution in [0.1, 0.15) is 39.4 Å². The van der Waals surface area contributed by atoms with Crippen molar-refractivity contribution in [1.29, 1.82) is 0 Å². The number of hydrogen-bond acceptors (Lipinski definition) is 6. The van der Waals surface area contributed by atoms with Crippen molar-refractivity contribution in [1.82, 2.24) is 19.9 Å². The first-order valence-corrected chi connectivity index (χ1v) is 9.41. The van der Waals surface area contributed by atoms with Crippen molar-refractivity contribution < 1.29 is 18.8 Å². The predicted molar refractivity (Wildman–Crippen MR) is 95.3 cm³/mol. The number of amides is 2. The Morgan fingerprint density at radius 1 is 1.44 bits per heavy atom. The fourth-order valence-corrected chi connectivity index (χ4v) is 4.38. The topological polar surface area (TPSA) is 88.8 Å². The molecule has 0 aromatic carbocycles. The summed E-state index contributed by atoms with van der Waals surface area (Å²) < 4.78 is 11.4. The molecule has 8 heteroatoms. The average molecular weight is 374 g/mol. The Bertz CT molecular complexity index is 811. The number of ether oxygens (including phenoxy) is 1. The van der Waals surface area contributed by atoms with Crippen LogP contribution in [0.4, 0.5) is 0 Å². The summed E-state index contributed by atoms with van der Waals surface area (Å²) in [5.41, 5.74) is -0.999. The Morgan fingerprint density at radius 3 is 2.81 bits per heavy atom. The van der Waals surface area contributed by atoms with Crippen LogP contribution in [0.3, 0.4) is 0 Å². The molecule has 2 amide bonds. The molecule has 0 radical (unpaired) electrons. The third kappa shape index (κ3) is 2.69. The van der Waals surface area contributed by atoms with Gasteiger partial charge in [0.05, 0.1) is 31.0 Å². The van der Waals surface area contributed by atoms with Gasteiger partial charge in [0.25, 0.3) is 0 Å². The number of fused-ring (bicyclic) bond motifs is 1. The van der Waals surface area contributed by atoms with E-state index in [0.29, 0.717) is 24.7 Å². The molecule has 4 atom stereocenters. The molecular weight excluding hydrogens is 348 g/mol. The van der Waals surface area contributed by atoms with Gasteiger partial charge in [0.15, 0.2) is 5.82 Å². The van der Waals surface area contributed by atoms with Crippen molar-refractivity contribution >= 4 is 11.8 Å². The summed E-state index contributed by atoms with van der Waals surface area (Å²) in [6.07, 6.45) is 4.21. The van der Waals surface area contributed by atoms with E-state index in [4.69, 9.17) is 9.26 Å². The van der Waals surface area contributed by atoms with E-state index in [2.05, 4.69) is 10.1 Å². The van der Waals surface area contributed by atoms with Gasteiger partial charge in [-0.15, -0.1) is 0 Å². The van der Waals surface area contributed by atoms with E-state index in [1.807, 2.05) is 44.7 Å². The lowest BCUT2D eigenvalue weighted by Crippen LogP contribution is -2.47. The number of aromatic nitrogens is 2. The lowest BCUT2D eigenvalue weighted by atomic mass is 9.76. The van der Waals surface area contributed by atoms with Crippen molar-refractivity contribution in [3.05, 3.63) is 23.9 Å². The van der Waals surface area contributed by atoms with Crippen LogP contribution >= 0.6 is 0 Å². The molecule has 2 fully saturated rings. The van der Waals surface area contributed by atoms with Crippen molar-refractivity contribution in [3.63, 3.8) is 0 Å². The third-order valence-corrected chi connectivity index (χ3v) is 5.77. The third-order valence-electron chi connectivity index (χ3n) is 5.77. The standard InChI is InChI=1S/C19H26N4O4/c1-6-12-20-13(27-21-12)9-22(5)16(24)14-11-7-8-19(26-11)10-23(18(2,3)4)17(25)15(14)19/h7-8,11,14-15H,6,9-10H2,1-5H3/t11-,14-,15-,19-/m0/s1. The minimum Gasteiger partial charge on any atom is -0.360 e. The van der Waals surface area contributed by atoms with Crippen molar-refractivity contribution in [2.75, 3.05) is 13.6 Å². The van der Waals surface area contributed by atoms with Crippen LogP contribution in [0, 0.1) is 11.8 Å². The number of likely N-dealkylation sites (tertiary alicyclic amines) is 1. The monoisotopic (exact) mass is 374 g/mol. The minimum atomic E-state index is -0.684. The van der Waals surface area contributed by atoms with E-state index in [-0.39, 0.29) is 30.0 Å². The summed E-state index contributed by atoms with van der Waals surface area (Å²) in [4.78, 5) is 34.0. The summed E-state index contributed by atoms with van der Waals surface area (Å²) in [6, 6.07) is 0. The molecule has 4 heterocycles. The Morgan fingerprint density at radius 2 is 2.19 bits per heavy atom. The van der Waals surface area contributed by atoms with Gasteiger partial charge in [-0.3, -0.25) is 9.59 Å². The molecule has 2 bridgehead atoms. The molecule has 0 N–H and O–H groups in total. The lowest BCUT2D eigenvalue weighted by molar-refractivity contribution is -0.144. The summed E-state index contributed by atoms with van der Waals surface area (Å²) >= 11 is 0. The van der Waals surface area contributed by atoms with Gasteiger partial charge < -0.3 is 19.1 Å². The van der Waals surface area contributed by atoms with Gasteiger partial charge in [0.1, 0.15) is 5.60 Å². The molecule has 3 aliphatic rings. The van der Waals surface area contributed by atoms with Crippen molar-refractivity contribution in [3.8, 4) is 0 Å². The number of nitrogens with zero attached hydrogens (tertiary/aromatic N) is 4. The molecule has 1 aromatic rings. The number of carbonyl (C=O) groups excluding carboxylic acids is 2. The van der Waals surface area contributed by atoms with Crippen LogP contribution in [0.15, 0.2) is 16.7 Å². The Balaban J connectivity index is 1.56. The molecular formula is C19H26N4O4. The smallest absolute Gasteiger partial charge is 0.246 e. The van der Waals surface area contributed by atoms with Crippen molar-refractivity contribution in [2.45, 2.75) is 57.9 Å².